The fourth-order valence-corrected chi connectivity index (χ4v) is 2.03. The van der Waals surface area contributed by atoms with Crippen LogP contribution >= 0.6 is 11.6 Å². The standard InChI is InChI=1S/C14H17ClN2O2/c1-3-6-16-8-12-14(19-9-17-12)11-7-10(15)4-5-13(11)18-2/h4-5,7,9,16H,3,6,8H2,1-2H3. The molecule has 1 aromatic carbocycles. The van der Waals surface area contributed by atoms with Gasteiger partial charge in [-0.15, -0.1) is 0 Å². The number of methoxy groups -OCH3 is 1. The lowest BCUT2D eigenvalue weighted by Crippen LogP contribution is -2.14. The van der Waals surface area contributed by atoms with Crippen LogP contribution in [-0.2, 0) is 6.54 Å². The maximum Gasteiger partial charge on any atom is 0.181 e. The maximum atomic E-state index is 6.04. The summed E-state index contributed by atoms with van der Waals surface area (Å²) in [6.45, 7) is 3.73. The van der Waals surface area contributed by atoms with Gasteiger partial charge in [0.15, 0.2) is 12.2 Å². The first-order chi connectivity index (χ1) is 9.26. The molecular formula is C14H17ClN2O2. The number of halogens is 1. The summed E-state index contributed by atoms with van der Waals surface area (Å²) in [6, 6.07) is 5.43. The van der Waals surface area contributed by atoms with Gasteiger partial charge in [0.25, 0.3) is 0 Å². The van der Waals surface area contributed by atoms with Gasteiger partial charge in [0.05, 0.1) is 12.7 Å². The van der Waals surface area contributed by atoms with Crippen molar-refractivity contribution < 1.29 is 9.15 Å². The first kappa shape index (κ1) is 13.9. The molecule has 0 aliphatic carbocycles. The number of rotatable bonds is 6. The molecule has 0 aliphatic rings. The zero-order valence-corrected chi connectivity index (χ0v) is 11.8. The van der Waals surface area contributed by atoms with Gasteiger partial charge in [-0.25, -0.2) is 4.98 Å². The quantitative estimate of drug-likeness (QED) is 0.823. The van der Waals surface area contributed by atoms with Crippen LogP contribution in [0.15, 0.2) is 29.0 Å². The fraction of sp³-hybridized carbons (Fsp3) is 0.357. The molecule has 0 bridgehead atoms. The third kappa shape index (κ3) is 3.28. The number of nitrogens with one attached hydrogen (secondary N) is 1. The predicted molar refractivity (Wildman–Crippen MR) is 75.5 cm³/mol. The molecule has 0 amide bonds. The normalized spacial score (nSPS) is 10.7. The summed E-state index contributed by atoms with van der Waals surface area (Å²) in [5.74, 6) is 1.42. The van der Waals surface area contributed by atoms with E-state index >= 15 is 0 Å². The van der Waals surface area contributed by atoms with Crippen molar-refractivity contribution >= 4 is 11.6 Å². The van der Waals surface area contributed by atoms with Crippen molar-refractivity contribution in [2.24, 2.45) is 0 Å². The van der Waals surface area contributed by atoms with Gasteiger partial charge >= 0.3 is 0 Å². The summed E-state index contributed by atoms with van der Waals surface area (Å²) in [4.78, 5) is 4.24. The lowest BCUT2D eigenvalue weighted by Gasteiger charge is -2.08. The number of benzene rings is 1. The van der Waals surface area contributed by atoms with Crippen molar-refractivity contribution in [2.75, 3.05) is 13.7 Å². The number of nitrogens with zero attached hydrogens (tertiary/aromatic N) is 1. The van der Waals surface area contributed by atoms with Crippen LogP contribution in [0.4, 0.5) is 0 Å². The Morgan fingerprint density at radius 3 is 3.00 bits per heavy atom. The molecule has 4 nitrogen and oxygen atoms in total. The van der Waals surface area contributed by atoms with Crippen LogP contribution in [0, 0.1) is 0 Å². The minimum absolute atomic E-state index is 0.639. The first-order valence-corrected chi connectivity index (χ1v) is 6.61. The highest BCUT2D eigenvalue weighted by molar-refractivity contribution is 6.30. The Bertz CT molecular complexity index is 540. The SMILES string of the molecule is CCCNCc1ncoc1-c1cc(Cl)ccc1OC. The number of oxazole rings is 1. The molecule has 5 heteroatoms. The van der Waals surface area contributed by atoms with Gasteiger partial charge in [-0.3, -0.25) is 0 Å². The van der Waals surface area contributed by atoms with Crippen LogP contribution < -0.4 is 10.1 Å². The fourth-order valence-electron chi connectivity index (χ4n) is 1.86. The third-order valence-electron chi connectivity index (χ3n) is 2.77. The van der Waals surface area contributed by atoms with Gasteiger partial charge in [-0.1, -0.05) is 18.5 Å². The molecule has 1 N–H and O–H groups in total. The van der Waals surface area contributed by atoms with Crippen molar-refractivity contribution in [1.82, 2.24) is 10.3 Å². The highest BCUT2D eigenvalue weighted by Gasteiger charge is 2.15. The number of hydrogen-bond donors (Lipinski definition) is 1. The van der Waals surface area contributed by atoms with Gasteiger partial charge in [0.1, 0.15) is 11.4 Å². The molecule has 0 aliphatic heterocycles. The van der Waals surface area contributed by atoms with Crippen LogP contribution in [0.25, 0.3) is 11.3 Å². The van der Waals surface area contributed by atoms with Gasteiger partial charge in [0.2, 0.25) is 0 Å². The smallest absolute Gasteiger partial charge is 0.181 e. The van der Waals surface area contributed by atoms with Crippen molar-refractivity contribution in [3.8, 4) is 17.1 Å². The topological polar surface area (TPSA) is 47.3 Å². The molecule has 2 rings (SSSR count). The second-order valence-electron chi connectivity index (χ2n) is 4.15. The van der Waals surface area contributed by atoms with Crippen molar-refractivity contribution in [3.05, 3.63) is 35.3 Å². The molecule has 0 fully saturated rings. The predicted octanol–water partition coefficient (Wildman–Crippen LogP) is 3.50. The molecule has 0 spiro atoms. The van der Waals surface area contributed by atoms with Crippen LogP contribution in [0.5, 0.6) is 5.75 Å². The minimum atomic E-state index is 0.639. The van der Waals surface area contributed by atoms with Gasteiger partial charge in [-0.05, 0) is 31.2 Å². The van der Waals surface area contributed by atoms with Crippen LogP contribution in [0.1, 0.15) is 19.0 Å². The zero-order valence-electron chi connectivity index (χ0n) is 11.1. The van der Waals surface area contributed by atoms with Gasteiger partial charge < -0.3 is 14.5 Å². The Morgan fingerprint density at radius 2 is 2.26 bits per heavy atom. The molecule has 102 valence electrons. The van der Waals surface area contributed by atoms with Crippen molar-refractivity contribution in [3.63, 3.8) is 0 Å². The Hall–Kier alpha value is -1.52. The Kier molecular flexibility index (Phi) is 4.82. The summed E-state index contributed by atoms with van der Waals surface area (Å²) in [5, 5.41) is 3.94. The average Bonchev–Trinajstić information content (AvgIpc) is 2.87. The van der Waals surface area contributed by atoms with E-state index < -0.39 is 0 Å². The van der Waals surface area contributed by atoms with E-state index in [1.165, 1.54) is 6.39 Å². The summed E-state index contributed by atoms with van der Waals surface area (Å²) in [7, 11) is 1.62. The molecule has 2 aromatic rings. The minimum Gasteiger partial charge on any atom is -0.496 e. The largest absolute Gasteiger partial charge is 0.496 e. The zero-order chi connectivity index (χ0) is 13.7. The number of ether oxygens (including phenoxy) is 1. The van der Waals surface area contributed by atoms with E-state index in [-0.39, 0.29) is 0 Å². The van der Waals surface area contributed by atoms with E-state index in [0.29, 0.717) is 17.3 Å². The number of hydrogen-bond acceptors (Lipinski definition) is 4. The van der Waals surface area contributed by atoms with E-state index in [1.807, 2.05) is 12.1 Å². The Morgan fingerprint density at radius 1 is 1.42 bits per heavy atom. The Balaban J connectivity index is 2.31. The van der Waals surface area contributed by atoms with Gasteiger partial charge in [-0.2, -0.15) is 0 Å². The molecule has 0 atom stereocenters. The van der Waals surface area contributed by atoms with Crippen LogP contribution in [-0.4, -0.2) is 18.6 Å². The van der Waals surface area contributed by atoms with Gasteiger partial charge in [0, 0.05) is 11.6 Å². The van der Waals surface area contributed by atoms with E-state index in [9.17, 15) is 0 Å². The summed E-state index contributed by atoms with van der Waals surface area (Å²) in [5.41, 5.74) is 1.68. The molecule has 19 heavy (non-hydrogen) atoms. The lowest BCUT2D eigenvalue weighted by molar-refractivity contribution is 0.414. The molecule has 0 saturated heterocycles. The van der Waals surface area contributed by atoms with E-state index in [2.05, 4.69) is 17.2 Å². The maximum absolute atomic E-state index is 6.04. The highest BCUT2D eigenvalue weighted by atomic mass is 35.5. The molecule has 0 unspecified atom stereocenters. The third-order valence-corrected chi connectivity index (χ3v) is 3.00. The molecule has 0 radical (unpaired) electrons. The van der Waals surface area contributed by atoms with Crippen LogP contribution in [0.3, 0.4) is 0 Å². The number of aromatic nitrogens is 1. The second-order valence-corrected chi connectivity index (χ2v) is 4.59. The molecular weight excluding hydrogens is 264 g/mol. The summed E-state index contributed by atoms with van der Waals surface area (Å²) < 4.78 is 10.8. The Labute approximate surface area is 117 Å². The van der Waals surface area contributed by atoms with E-state index in [4.69, 9.17) is 20.8 Å². The molecule has 1 aromatic heterocycles. The molecule has 0 saturated carbocycles. The van der Waals surface area contributed by atoms with E-state index in [0.717, 1.165) is 30.0 Å². The highest BCUT2D eigenvalue weighted by Crippen LogP contribution is 2.34. The first-order valence-electron chi connectivity index (χ1n) is 6.23. The van der Waals surface area contributed by atoms with Crippen molar-refractivity contribution in [2.45, 2.75) is 19.9 Å². The van der Waals surface area contributed by atoms with Crippen LogP contribution in [0.2, 0.25) is 5.02 Å². The van der Waals surface area contributed by atoms with E-state index in [1.54, 1.807) is 13.2 Å². The summed E-state index contributed by atoms with van der Waals surface area (Å²) >= 11 is 6.04. The second kappa shape index (κ2) is 6.59. The lowest BCUT2D eigenvalue weighted by atomic mass is 10.1. The van der Waals surface area contributed by atoms with Crippen molar-refractivity contribution in [1.29, 1.82) is 0 Å². The average molecular weight is 281 g/mol. The monoisotopic (exact) mass is 280 g/mol. The molecule has 1 heterocycles. The summed E-state index contributed by atoms with van der Waals surface area (Å²) in [6.07, 6.45) is 2.52.